The fraction of sp³-hybridized carbons (Fsp3) is 0.778. The van der Waals surface area contributed by atoms with E-state index in [-0.39, 0.29) is 22.8 Å². The standard InChI is InChI=1S/C9H14O2S/c1-4-8-5-6-12(10,11)7-9(8,2)3/h1,8H,5-7H2,2-3H3. The molecule has 1 rings (SSSR count). The van der Waals surface area contributed by atoms with Crippen molar-refractivity contribution in [1.82, 2.24) is 0 Å². The Hall–Kier alpha value is -0.490. The van der Waals surface area contributed by atoms with Gasteiger partial charge in [0.2, 0.25) is 0 Å². The van der Waals surface area contributed by atoms with Gasteiger partial charge in [0.15, 0.2) is 9.84 Å². The second kappa shape index (κ2) is 2.77. The summed E-state index contributed by atoms with van der Waals surface area (Å²) in [6, 6.07) is 0. The van der Waals surface area contributed by atoms with Gasteiger partial charge in [0, 0.05) is 5.92 Å². The minimum Gasteiger partial charge on any atom is -0.229 e. The molecule has 1 saturated heterocycles. The van der Waals surface area contributed by atoms with Crippen LogP contribution in [0.1, 0.15) is 20.3 Å². The minimum atomic E-state index is -2.83. The topological polar surface area (TPSA) is 34.1 Å². The Morgan fingerprint density at radius 2 is 2.08 bits per heavy atom. The Bertz CT molecular complexity index is 306. The van der Waals surface area contributed by atoms with Crippen LogP contribution in [0.3, 0.4) is 0 Å². The fourth-order valence-corrected chi connectivity index (χ4v) is 3.81. The maximum atomic E-state index is 11.3. The average molecular weight is 186 g/mol. The molecule has 1 atom stereocenters. The first kappa shape index (κ1) is 9.60. The van der Waals surface area contributed by atoms with Crippen LogP contribution in [0, 0.1) is 23.7 Å². The van der Waals surface area contributed by atoms with Gasteiger partial charge < -0.3 is 0 Å². The zero-order chi connectivity index (χ0) is 9.41. The van der Waals surface area contributed by atoms with Crippen LogP contribution in [-0.4, -0.2) is 19.9 Å². The van der Waals surface area contributed by atoms with Gasteiger partial charge in [0.25, 0.3) is 0 Å². The van der Waals surface area contributed by atoms with Gasteiger partial charge in [-0.05, 0) is 11.8 Å². The Labute approximate surface area is 74.3 Å². The molecule has 0 saturated carbocycles. The number of terminal acetylenes is 1. The Balaban J connectivity index is 2.90. The lowest BCUT2D eigenvalue weighted by Gasteiger charge is -2.34. The van der Waals surface area contributed by atoms with Crippen LogP contribution in [0.15, 0.2) is 0 Å². The van der Waals surface area contributed by atoms with Gasteiger partial charge in [-0.3, -0.25) is 0 Å². The van der Waals surface area contributed by atoms with E-state index in [1.54, 1.807) is 0 Å². The molecule has 1 aliphatic heterocycles. The highest BCUT2D eigenvalue weighted by molar-refractivity contribution is 7.91. The molecule has 0 aromatic heterocycles. The molecule has 1 unspecified atom stereocenters. The Morgan fingerprint density at radius 1 is 1.50 bits per heavy atom. The largest absolute Gasteiger partial charge is 0.229 e. The lowest BCUT2D eigenvalue weighted by Crippen LogP contribution is -2.38. The normalized spacial score (nSPS) is 32.2. The molecule has 0 N–H and O–H groups in total. The first-order valence-electron chi connectivity index (χ1n) is 4.04. The molecule has 0 bridgehead atoms. The van der Waals surface area contributed by atoms with Crippen LogP contribution < -0.4 is 0 Å². The summed E-state index contributed by atoms with van der Waals surface area (Å²) in [5.41, 5.74) is -0.244. The lowest BCUT2D eigenvalue weighted by molar-refractivity contribution is 0.286. The maximum absolute atomic E-state index is 11.3. The van der Waals surface area contributed by atoms with Crippen molar-refractivity contribution in [2.75, 3.05) is 11.5 Å². The molecule has 3 heteroatoms. The molecule has 1 heterocycles. The maximum Gasteiger partial charge on any atom is 0.150 e. The monoisotopic (exact) mass is 186 g/mol. The highest BCUT2D eigenvalue weighted by Gasteiger charge is 2.38. The molecule has 12 heavy (non-hydrogen) atoms. The van der Waals surface area contributed by atoms with E-state index in [4.69, 9.17) is 6.42 Å². The molecule has 0 radical (unpaired) electrons. The third-order valence-electron chi connectivity index (χ3n) is 2.45. The second-order valence-electron chi connectivity index (χ2n) is 4.09. The molecule has 0 aliphatic carbocycles. The quantitative estimate of drug-likeness (QED) is 0.530. The average Bonchev–Trinajstić information content (AvgIpc) is 1.83. The van der Waals surface area contributed by atoms with Crippen molar-refractivity contribution in [2.24, 2.45) is 11.3 Å². The molecule has 1 aliphatic rings. The van der Waals surface area contributed by atoms with Gasteiger partial charge in [-0.1, -0.05) is 13.8 Å². The van der Waals surface area contributed by atoms with Crippen LogP contribution in [-0.2, 0) is 9.84 Å². The van der Waals surface area contributed by atoms with Crippen LogP contribution in [0.4, 0.5) is 0 Å². The predicted molar refractivity (Wildman–Crippen MR) is 49.4 cm³/mol. The van der Waals surface area contributed by atoms with E-state index in [0.717, 1.165) is 0 Å². The van der Waals surface area contributed by atoms with Crippen molar-refractivity contribution in [3.63, 3.8) is 0 Å². The van der Waals surface area contributed by atoms with E-state index in [9.17, 15) is 8.42 Å². The molecule has 2 nitrogen and oxygen atoms in total. The first-order valence-corrected chi connectivity index (χ1v) is 5.86. The zero-order valence-corrected chi connectivity index (χ0v) is 8.32. The molecular weight excluding hydrogens is 172 g/mol. The van der Waals surface area contributed by atoms with Crippen LogP contribution >= 0.6 is 0 Å². The molecule has 1 fully saturated rings. The molecular formula is C9H14O2S. The summed E-state index contributed by atoms with van der Waals surface area (Å²) in [5, 5.41) is 0. The van der Waals surface area contributed by atoms with E-state index in [0.29, 0.717) is 6.42 Å². The summed E-state index contributed by atoms with van der Waals surface area (Å²) in [7, 11) is -2.83. The van der Waals surface area contributed by atoms with Gasteiger partial charge in [-0.2, -0.15) is 0 Å². The summed E-state index contributed by atoms with van der Waals surface area (Å²) in [5.74, 6) is 3.27. The summed E-state index contributed by atoms with van der Waals surface area (Å²) < 4.78 is 22.5. The van der Waals surface area contributed by atoms with E-state index in [2.05, 4.69) is 5.92 Å². The molecule has 68 valence electrons. The van der Waals surface area contributed by atoms with E-state index in [1.807, 2.05) is 13.8 Å². The minimum absolute atomic E-state index is 0.112. The molecule has 0 spiro atoms. The van der Waals surface area contributed by atoms with Crippen LogP contribution in [0.25, 0.3) is 0 Å². The van der Waals surface area contributed by atoms with Crippen molar-refractivity contribution in [3.8, 4) is 12.3 Å². The number of hydrogen-bond acceptors (Lipinski definition) is 2. The van der Waals surface area contributed by atoms with Crippen molar-refractivity contribution < 1.29 is 8.42 Å². The van der Waals surface area contributed by atoms with Gasteiger partial charge in [0.05, 0.1) is 11.5 Å². The first-order chi connectivity index (χ1) is 5.37. The van der Waals surface area contributed by atoms with Crippen molar-refractivity contribution in [1.29, 1.82) is 0 Å². The van der Waals surface area contributed by atoms with Gasteiger partial charge >= 0.3 is 0 Å². The van der Waals surface area contributed by atoms with Gasteiger partial charge in [-0.25, -0.2) is 8.42 Å². The summed E-state index contributed by atoms with van der Waals surface area (Å²) in [4.78, 5) is 0. The smallest absolute Gasteiger partial charge is 0.150 e. The summed E-state index contributed by atoms with van der Waals surface area (Å²) >= 11 is 0. The lowest BCUT2D eigenvalue weighted by atomic mass is 9.79. The van der Waals surface area contributed by atoms with Gasteiger partial charge in [-0.15, -0.1) is 12.3 Å². The highest BCUT2D eigenvalue weighted by Crippen LogP contribution is 2.35. The Kier molecular flexibility index (Phi) is 2.22. The number of hydrogen-bond donors (Lipinski definition) is 0. The second-order valence-corrected chi connectivity index (χ2v) is 6.27. The van der Waals surface area contributed by atoms with Crippen molar-refractivity contribution in [2.45, 2.75) is 20.3 Å². The van der Waals surface area contributed by atoms with Crippen LogP contribution in [0.2, 0.25) is 0 Å². The van der Waals surface area contributed by atoms with E-state index >= 15 is 0 Å². The van der Waals surface area contributed by atoms with Gasteiger partial charge in [0.1, 0.15) is 0 Å². The van der Waals surface area contributed by atoms with Crippen LogP contribution in [0.5, 0.6) is 0 Å². The number of rotatable bonds is 0. The molecule has 0 aromatic rings. The highest BCUT2D eigenvalue weighted by atomic mass is 32.2. The third-order valence-corrected chi connectivity index (χ3v) is 4.50. The number of sulfone groups is 1. The van der Waals surface area contributed by atoms with E-state index in [1.165, 1.54) is 0 Å². The summed E-state index contributed by atoms with van der Waals surface area (Å²) in [6.45, 7) is 3.85. The zero-order valence-electron chi connectivity index (χ0n) is 7.50. The molecule has 0 amide bonds. The van der Waals surface area contributed by atoms with Crippen molar-refractivity contribution in [3.05, 3.63) is 0 Å². The van der Waals surface area contributed by atoms with E-state index < -0.39 is 9.84 Å². The molecule has 0 aromatic carbocycles. The summed E-state index contributed by atoms with van der Waals surface area (Å²) in [6.07, 6.45) is 5.94. The SMILES string of the molecule is C#CC1CCS(=O)(=O)CC1(C)C. The Morgan fingerprint density at radius 3 is 2.50 bits per heavy atom. The fourth-order valence-electron chi connectivity index (χ4n) is 1.74. The third kappa shape index (κ3) is 1.81. The predicted octanol–water partition coefficient (Wildman–Crippen LogP) is 1.08. The van der Waals surface area contributed by atoms with Crippen molar-refractivity contribution >= 4 is 9.84 Å².